The van der Waals surface area contributed by atoms with E-state index in [1.54, 1.807) is 29.2 Å². The van der Waals surface area contributed by atoms with Gasteiger partial charge < -0.3 is 14.6 Å². The van der Waals surface area contributed by atoms with Crippen LogP contribution in [0.1, 0.15) is 43.1 Å². The zero-order valence-corrected chi connectivity index (χ0v) is 14.3. The fraction of sp³-hybridized carbons (Fsp3) is 0.421. The van der Waals surface area contributed by atoms with Gasteiger partial charge in [-0.2, -0.15) is 0 Å². The number of H-pyrrole nitrogens is 1. The quantitative estimate of drug-likeness (QED) is 0.866. The molecule has 1 fully saturated rings. The molecule has 2 aromatic rings. The number of nitrogens with one attached hydrogen (secondary N) is 1. The molecule has 1 amide bonds. The number of aromatic amines is 1. The number of amides is 1. The van der Waals surface area contributed by atoms with Crippen molar-refractivity contribution in [1.82, 2.24) is 9.88 Å². The van der Waals surface area contributed by atoms with Gasteiger partial charge in [-0.15, -0.1) is 0 Å². The molecule has 1 aromatic carbocycles. The van der Waals surface area contributed by atoms with Crippen molar-refractivity contribution in [2.45, 2.75) is 38.6 Å². The standard InChI is InChI=1S/C19H22N2O4/c1-2-13-7-5-6-10-21(13)18(23)12-25-19(24)16-11-17(22)14-8-3-4-9-15(14)20-16/h3-4,8-9,11,13H,2,5-7,10,12H2,1H3,(H,20,22)/t13-/m0/s1. The first kappa shape index (κ1) is 17.2. The Labute approximate surface area is 145 Å². The molecule has 6 heteroatoms. The van der Waals surface area contributed by atoms with Gasteiger partial charge in [-0.1, -0.05) is 19.1 Å². The Kier molecular flexibility index (Phi) is 5.16. The summed E-state index contributed by atoms with van der Waals surface area (Å²) in [6, 6.07) is 8.38. The molecule has 0 saturated carbocycles. The first-order valence-electron chi connectivity index (χ1n) is 8.69. The van der Waals surface area contributed by atoms with Crippen molar-refractivity contribution in [1.29, 1.82) is 0 Å². The first-order valence-corrected chi connectivity index (χ1v) is 8.69. The van der Waals surface area contributed by atoms with Crippen molar-refractivity contribution < 1.29 is 14.3 Å². The molecule has 0 bridgehead atoms. The Hall–Kier alpha value is -2.63. The van der Waals surface area contributed by atoms with E-state index in [4.69, 9.17) is 4.74 Å². The molecule has 1 aliphatic rings. The van der Waals surface area contributed by atoms with Crippen LogP contribution in [-0.2, 0) is 9.53 Å². The number of para-hydroxylation sites is 1. The molecule has 1 aliphatic heterocycles. The Balaban J connectivity index is 1.68. The van der Waals surface area contributed by atoms with Crippen LogP contribution in [0.5, 0.6) is 0 Å². The van der Waals surface area contributed by atoms with Crippen molar-refractivity contribution in [3.05, 3.63) is 46.2 Å². The number of hydrogen-bond acceptors (Lipinski definition) is 4. The normalized spacial score (nSPS) is 17.5. The number of nitrogens with zero attached hydrogens (tertiary/aromatic N) is 1. The third-order valence-corrected chi connectivity index (χ3v) is 4.70. The van der Waals surface area contributed by atoms with Gasteiger partial charge in [0.2, 0.25) is 0 Å². The number of carbonyl (C=O) groups is 2. The summed E-state index contributed by atoms with van der Waals surface area (Å²) in [6.45, 7) is 2.47. The van der Waals surface area contributed by atoms with Crippen molar-refractivity contribution in [2.24, 2.45) is 0 Å². The van der Waals surface area contributed by atoms with Crippen LogP contribution < -0.4 is 5.43 Å². The molecule has 0 radical (unpaired) electrons. The highest BCUT2D eigenvalue weighted by Crippen LogP contribution is 2.19. The molecule has 0 unspecified atom stereocenters. The number of benzene rings is 1. The summed E-state index contributed by atoms with van der Waals surface area (Å²) < 4.78 is 5.14. The average Bonchev–Trinajstić information content (AvgIpc) is 2.65. The van der Waals surface area contributed by atoms with Crippen molar-refractivity contribution >= 4 is 22.8 Å². The Morgan fingerprint density at radius 1 is 1.28 bits per heavy atom. The van der Waals surface area contributed by atoms with Gasteiger partial charge in [0, 0.05) is 29.6 Å². The molecule has 0 aliphatic carbocycles. The molecule has 0 spiro atoms. The second-order valence-electron chi connectivity index (χ2n) is 6.31. The van der Waals surface area contributed by atoms with E-state index in [1.807, 2.05) is 0 Å². The lowest BCUT2D eigenvalue weighted by molar-refractivity contribution is -0.138. The number of likely N-dealkylation sites (tertiary alicyclic amines) is 1. The summed E-state index contributed by atoms with van der Waals surface area (Å²) >= 11 is 0. The lowest BCUT2D eigenvalue weighted by atomic mass is 10.00. The van der Waals surface area contributed by atoms with E-state index in [1.165, 1.54) is 6.07 Å². The number of rotatable bonds is 4. The molecule has 1 aromatic heterocycles. The Morgan fingerprint density at radius 3 is 2.88 bits per heavy atom. The highest BCUT2D eigenvalue weighted by molar-refractivity contribution is 5.92. The molecule has 6 nitrogen and oxygen atoms in total. The minimum absolute atomic E-state index is 0.0576. The molecular formula is C19H22N2O4. The van der Waals surface area contributed by atoms with Gasteiger partial charge in [0.1, 0.15) is 5.69 Å². The summed E-state index contributed by atoms with van der Waals surface area (Å²) in [5.74, 6) is -0.871. The summed E-state index contributed by atoms with van der Waals surface area (Å²) in [4.78, 5) is 41.3. The van der Waals surface area contributed by atoms with Gasteiger partial charge in [0.15, 0.2) is 12.0 Å². The highest BCUT2D eigenvalue weighted by atomic mass is 16.5. The molecular weight excluding hydrogens is 320 g/mol. The minimum atomic E-state index is -0.693. The molecule has 2 heterocycles. The Morgan fingerprint density at radius 2 is 2.08 bits per heavy atom. The zero-order valence-electron chi connectivity index (χ0n) is 14.3. The van der Waals surface area contributed by atoms with E-state index in [2.05, 4.69) is 11.9 Å². The maximum absolute atomic E-state index is 12.4. The van der Waals surface area contributed by atoms with Crippen molar-refractivity contribution in [2.75, 3.05) is 13.2 Å². The van der Waals surface area contributed by atoms with Gasteiger partial charge in [-0.3, -0.25) is 9.59 Å². The smallest absolute Gasteiger partial charge is 0.355 e. The van der Waals surface area contributed by atoms with Crippen molar-refractivity contribution in [3.8, 4) is 0 Å². The van der Waals surface area contributed by atoms with Gasteiger partial charge in [-0.25, -0.2) is 4.79 Å². The predicted octanol–water partition coefficient (Wildman–Crippen LogP) is 2.48. The number of esters is 1. The van der Waals surface area contributed by atoms with Crippen LogP contribution >= 0.6 is 0 Å². The highest BCUT2D eigenvalue weighted by Gasteiger charge is 2.26. The maximum atomic E-state index is 12.4. The van der Waals surface area contributed by atoms with Gasteiger partial charge in [0.05, 0.1) is 0 Å². The lowest BCUT2D eigenvalue weighted by Gasteiger charge is -2.35. The van der Waals surface area contributed by atoms with Crippen molar-refractivity contribution in [3.63, 3.8) is 0 Å². The van der Waals surface area contributed by atoms with Crippen LogP contribution in [0.15, 0.2) is 35.1 Å². The van der Waals surface area contributed by atoms with Crippen LogP contribution in [0, 0.1) is 0 Å². The molecule has 3 rings (SSSR count). The summed E-state index contributed by atoms with van der Waals surface area (Å²) in [5.41, 5.74) is 0.368. The summed E-state index contributed by atoms with van der Waals surface area (Å²) in [7, 11) is 0. The third-order valence-electron chi connectivity index (χ3n) is 4.70. The average molecular weight is 342 g/mol. The topological polar surface area (TPSA) is 79.5 Å². The fourth-order valence-electron chi connectivity index (χ4n) is 3.35. The second kappa shape index (κ2) is 7.51. The molecule has 132 valence electrons. The second-order valence-corrected chi connectivity index (χ2v) is 6.31. The van der Waals surface area contributed by atoms with E-state index in [0.29, 0.717) is 17.4 Å². The largest absolute Gasteiger partial charge is 0.451 e. The van der Waals surface area contributed by atoms with Crippen LogP contribution in [0.2, 0.25) is 0 Å². The number of aromatic nitrogens is 1. The molecule has 1 atom stereocenters. The first-order chi connectivity index (χ1) is 12.1. The Bertz CT molecular complexity index is 843. The van der Waals surface area contributed by atoms with Gasteiger partial charge in [0.25, 0.3) is 5.91 Å². The maximum Gasteiger partial charge on any atom is 0.355 e. The molecule has 1 saturated heterocycles. The lowest BCUT2D eigenvalue weighted by Crippen LogP contribution is -2.45. The van der Waals surface area contributed by atoms with E-state index >= 15 is 0 Å². The SMILES string of the molecule is CC[C@H]1CCCCN1C(=O)COC(=O)c1cc(=O)c2ccccc2[nH]1. The fourth-order valence-corrected chi connectivity index (χ4v) is 3.35. The number of fused-ring (bicyclic) bond motifs is 1. The van der Waals surface area contributed by atoms with E-state index < -0.39 is 5.97 Å². The number of ether oxygens (including phenoxy) is 1. The van der Waals surface area contributed by atoms with E-state index in [-0.39, 0.29) is 29.7 Å². The van der Waals surface area contributed by atoms with Gasteiger partial charge in [-0.05, 0) is 37.8 Å². The summed E-state index contributed by atoms with van der Waals surface area (Å²) in [5, 5.41) is 0.509. The van der Waals surface area contributed by atoms with Gasteiger partial charge >= 0.3 is 5.97 Å². The number of carbonyl (C=O) groups excluding carboxylic acids is 2. The predicted molar refractivity (Wildman–Crippen MR) is 94.5 cm³/mol. The number of hydrogen-bond donors (Lipinski definition) is 1. The molecule has 1 N–H and O–H groups in total. The number of pyridine rings is 1. The monoisotopic (exact) mass is 342 g/mol. The van der Waals surface area contributed by atoms with E-state index in [9.17, 15) is 14.4 Å². The zero-order chi connectivity index (χ0) is 17.8. The minimum Gasteiger partial charge on any atom is -0.451 e. The summed E-state index contributed by atoms with van der Waals surface area (Å²) in [6.07, 6.45) is 4.00. The number of piperidine rings is 1. The molecule has 25 heavy (non-hydrogen) atoms. The van der Waals surface area contributed by atoms with Crippen LogP contribution in [0.25, 0.3) is 10.9 Å². The van der Waals surface area contributed by atoms with Crippen LogP contribution in [0.4, 0.5) is 0 Å². The van der Waals surface area contributed by atoms with Crippen LogP contribution in [0.3, 0.4) is 0 Å². The van der Waals surface area contributed by atoms with E-state index in [0.717, 1.165) is 25.7 Å². The third kappa shape index (κ3) is 3.73. The van der Waals surface area contributed by atoms with Crippen LogP contribution in [-0.4, -0.2) is 41.0 Å².